The Morgan fingerprint density at radius 2 is 2.17 bits per heavy atom. The molecule has 3 aromatic rings. The van der Waals surface area contributed by atoms with E-state index in [1.54, 1.807) is 34.2 Å². The molecule has 0 radical (unpaired) electrons. The zero-order valence-electron chi connectivity index (χ0n) is 13.1. The maximum absolute atomic E-state index is 14.4. The highest BCUT2D eigenvalue weighted by atomic mass is 19.1. The minimum absolute atomic E-state index is 0.219. The molecule has 6 nitrogen and oxygen atoms in total. The molecule has 0 amide bonds. The van der Waals surface area contributed by atoms with Gasteiger partial charge in [-0.3, -0.25) is 19.5 Å². The van der Waals surface area contributed by atoms with Crippen LogP contribution >= 0.6 is 0 Å². The first kappa shape index (κ1) is 14.9. The average molecular weight is 325 g/mol. The number of hydrogen-bond donors (Lipinski definition) is 1. The van der Waals surface area contributed by atoms with Crippen LogP contribution in [-0.4, -0.2) is 29.8 Å². The van der Waals surface area contributed by atoms with Gasteiger partial charge in [-0.1, -0.05) is 6.07 Å². The molecule has 0 bridgehead atoms. The van der Waals surface area contributed by atoms with Crippen molar-refractivity contribution in [3.8, 4) is 11.1 Å². The van der Waals surface area contributed by atoms with Gasteiger partial charge in [0.15, 0.2) is 0 Å². The Hall–Kier alpha value is -2.64. The van der Waals surface area contributed by atoms with E-state index in [9.17, 15) is 9.50 Å². The minimum atomic E-state index is -0.784. The van der Waals surface area contributed by atoms with Crippen LogP contribution < -0.4 is 0 Å². The summed E-state index contributed by atoms with van der Waals surface area (Å²) in [4.78, 5) is 10.2. The van der Waals surface area contributed by atoms with Gasteiger partial charge in [-0.15, -0.1) is 0 Å². The molecule has 0 spiro atoms. The van der Waals surface area contributed by atoms with E-state index in [0.717, 1.165) is 16.8 Å². The Morgan fingerprint density at radius 1 is 1.29 bits per heavy atom. The summed E-state index contributed by atoms with van der Waals surface area (Å²) in [7, 11) is 1.81. The van der Waals surface area contributed by atoms with Crippen molar-refractivity contribution in [2.45, 2.75) is 19.3 Å². The molecule has 1 aliphatic rings. The fourth-order valence-corrected chi connectivity index (χ4v) is 2.94. The summed E-state index contributed by atoms with van der Waals surface area (Å²) in [6.07, 6.45) is 6.01. The lowest BCUT2D eigenvalue weighted by Crippen LogP contribution is -2.22. The number of rotatable bonds is 3. The molecule has 3 aromatic heterocycles. The van der Waals surface area contributed by atoms with Crippen LogP contribution in [-0.2, 0) is 20.1 Å². The van der Waals surface area contributed by atoms with Crippen molar-refractivity contribution in [2.24, 2.45) is 7.05 Å². The molecule has 4 heterocycles. The SMILES string of the molecule is Cn1cc(-c2cnc(CN3Cc4ncccc4C3O)c(F)c2)cn1. The maximum atomic E-state index is 14.4. The number of hydrogen-bond acceptors (Lipinski definition) is 5. The number of aromatic nitrogens is 4. The molecule has 1 unspecified atom stereocenters. The fourth-order valence-electron chi connectivity index (χ4n) is 2.94. The van der Waals surface area contributed by atoms with Gasteiger partial charge in [-0.2, -0.15) is 5.10 Å². The van der Waals surface area contributed by atoms with Crippen molar-refractivity contribution < 1.29 is 9.50 Å². The normalized spacial score (nSPS) is 17.2. The summed E-state index contributed by atoms with van der Waals surface area (Å²) < 4.78 is 16.1. The molecule has 122 valence electrons. The smallest absolute Gasteiger partial charge is 0.146 e. The van der Waals surface area contributed by atoms with E-state index < -0.39 is 12.0 Å². The molecule has 0 fully saturated rings. The molecule has 4 rings (SSSR count). The quantitative estimate of drug-likeness (QED) is 0.798. The Morgan fingerprint density at radius 3 is 2.88 bits per heavy atom. The second kappa shape index (κ2) is 5.77. The van der Waals surface area contributed by atoms with E-state index in [-0.39, 0.29) is 6.54 Å². The van der Waals surface area contributed by atoms with E-state index in [1.807, 2.05) is 19.3 Å². The van der Waals surface area contributed by atoms with Gasteiger partial charge in [0.1, 0.15) is 12.0 Å². The number of nitrogens with zero attached hydrogens (tertiary/aromatic N) is 5. The minimum Gasteiger partial charge on any atom is -0.374 e. The largest absolute Gasteiger partial charge is 0.374 e. The zero-order valence-corrected chi connectivity index (χ0v) is 13.1. The number of aliphatic hydroxyl groups is 1. The van der Waals surface area contributed by atoms with E-state index >= 15 is 0 Å². The Bertz CT molecular complexity index is 894. The van der Waals surface area contributed by atoms with Gasteiger partial charge in [0.25, 0.3) is 0 Å². The second-order valence-electron chi connectivity index (χ2n) is 5.87. The molecule has 7 heteroatoms. The topological polar surface area (TPSA) is 67.1 Å². The maximum Gasteiger partial charge on any atom is 0.146 e. The van der Waals surface area contributed by atoms with Gasteiger partial charge >= 0.3 is 0 Å². The predicted molar refractivity (Wildman–Crippen MR) is 84.8 cm³/mol. The molecule has 1 aliphatic heterocycles. The van der Waals surface area contributed by atoms with Gasteiger partial charge in [0.2, 0.25) is 0 Å². The van der Waals surface area contributed by atoms with Gasteiger partial charge in [0.05, 0.1) is 17.6 Å². The van der Waals surface area contributed by atoms with Crippen LogP contribution in [0, 0.1) is 5.82 Å². The van der Waals surface area contributed by atoms with Crippen LogP contribution in [0.2, 0.25) is 0 Å². The van der Waals surface area contributed by atoms with Gasteiger partial charge in [0, 0.05) is 55.4 Å². The van der Waals surface area contributed by atoms with Crippen molar-refractivity contribution >= 4 is 0 Å². The summed E-state index contributed by atoms with van der Waals surface area (Å²) in [6.45, 7) is 0.694. The Balaban J connectivity index is 1.56. The first-order valence-electron chi connectivity index (χ1n) is 7.61. The third-order valence-electron chi connectivity index (χ3n) is 4.21. The summed E-state index contributed by atoms with van der Waals surface area (Å²) in [6, 6.07) is 5.07. The van der Waals surface area contributed by atoms with E-state index in [2.05, 4.69) is 15.1 Å². The van der Waals surface area contributed by atoms with Crippen molar-refractivity contribution in [2.75, 3.05) is 0 Å². The van der Waals surface area contributed by atoms with E-state index in [0.29, 0.717) is 17.8 Å². The predicted octanol–water partition coefficient (Wildman–Crippen LogP) is 2.02. The van der Waals surface area contributed by atoms with Crippen LogP contribution in [0.1, 0.15) is 23.2 Å². The number of fused-ring (bicyclic) bond motifs is 1. The van der Waals surface area contributed by atoms with Crippen LogP contribution in [0.15, 0.2) is 43.0 Å². The van der Waals surface area contributed by atoms with Gasteiger partial charge in [-0.05, 0) is 12.1 Å². The molecule has 1 N–H and O–H groups in total. The first-order chi connectivity index (χ1) is 11.6. The number of aliphatic hydroxyl groups excluding tert-OH is 1. The Labute approximate surface area is 138 Å². The highest BCUT2D eigenvalue weighted by Gasteiger charge is 2.30. The van der Waals surface area contributed by atoms with Crippen LogP contribution in [0.25, 0.3) is 11.1 Å². The van der Waals surface area contributed by atoms with Crippen molar-refractivity contribution in [1.29, 1.82) is 0 Å². The van der Waals surface area contributed by atoms with Crippen molar-refractivity contribution in [3.63, 3.8) is 0 Å². The molecule has 0 aliphatic carbocycles. The lowest BCUT2D eigenvalue weighted by Gasteiger charge is -2.19. The van der Waals surface area contributed by atoms with Crippen LogP contribution in [0.3, 0.4) is 0 Å². The Kier molecular flexibility index (Phi) is 3.59. The monoisotopic (exact) mass is 325 g/mol. The number of pyridine rings is 2. The fraction of sp³-hybridized carbons (Fsp3) is 0.235. The zero-order chi connectivity index (χ0) is 16.7. The van der Waals surface area contributed by atoms with Crippen molar-refractivity contribution in [3.05, 3.63) is 65.8 Å². The van der Waals surface area contributed by atoms with Gasteiger partial charge < -0.3 is 5.11 Å². The highest BCUT2D eigenvalue weighted by Crippen LogP contribution is 2.31. The van der Waals surface area contributed by atoms with E-state index in [4.69, 9.17) is 0 Å². The molecule has 0 saturated carbocycles. The second-order valence-corrected chi connectivity index (χ2v) is 5.87. The molecule has 1 atom stereocenters. The lowest BCUT2D eigenvalue weighted by atomic mass is 10.1. The van der Waals surface area contributed by atoms with Crippen LogP contribution in [0.5, 0.6) is 0 Å². The summed E-state index contributed by atoms with van der Waals surface area (Å²) in [5.74, 6) is -0.396. The molecular weight excluding hydrogens is 309 g/mol. The first-order valence-corrected chi connectivity index (χ1v) is 7.61. The standard InChI is InChI=1S/C17H16FN5O/c1-22-8-12(7-21-22)11-5-14(18)16(20-6-11)10-23-9-15-13(17(23)24)3-2-4-19-15/h2-8,17,24H,9-10H2,1H3. The highest BCUT2D eigenvalue weighted by molar-refractivity contribution is 5.60. The average Bonchev–Trinajstić information content (AvgIpc) is 3.14. The molecule has 0 aromatic carbocycles. The van der Waals surface area contributed by atoms with Crippen molar-refractivity contribution in [1.82, 2.24) is 24.6 Å². The third kappa shape index (κ3) is 2.57. The molecular formula is C17H16FN5O. The summed E-state index contributed by atoms with van der Waals surface area (Å²) in [5, 5.41) is 14.4. The lowest BCUT2D eigenvalue weighted by molar-refractivity contribution is 0.00608. The molecule has 24 heavy (non-hydrogen) atoms. The number of halogens is 1. The van der Waals surface area contributed by atoms with Crippen LogP contribution in [0.4, 0.5) is 4.39 Å². The summed E-state index contributed by atoms with van der Waals surface area (Å²) >= 11 is 0. The van der Waals surface area contributed by atoms with E-state index in [1.165, 1.54) is 6.07 Å². The van der Waals surface area contributed by atoms with Gasteiger partial charge in [-0.25, -0.2) is 4.39 Å². The number of aryl methyl sites for hydroxylation is 1. The molecule has 0 saturated heterocycles. The summed E-state index contributed by atoms with van der Waals surface area (Å²) in [5.41, 5.74) is 3.38. The third-order valence-corrected chi connectivity index (χ3v) is 4.21.